The van der Waals surface area contributed by atoms with Crippen LogP contribution in [0.25, 0.3) is 0 Å². The molecule has 2 aliphatic rings. The summed E-state index contributed by atoms with van der Waals surface area (Å²) in [6, 6.07) is 3.36. The van der Waals surface area contributed by atoms with Crippen LogP contribution in [0.3, 0.4) is 0 Å². The monoisotopic (exact) mass is 298 g/mol. The van der Waals surface area contributed by atoms with E-state index in [2.05, 4.69) is 4.72 Å². The Balaban J connectivity index is 1.69. The Hall–Kier alpha value is -1.14. The molecule has 2 bridgehead atoms. The number of anilines is 1. The molecule has 0 saturated heterocycles. The van der Waals surface area contributed by atoms with Crippen molar-refractivity contribution in [3.63, 3.8) is 0 Å². The van der Waals surface area contributed by atoms with Crippen LogP contribution in [-0.4, -0.2) is 15.0 Å². The Morgan fingerprint density at radius 2 is 2.10 bits per heavy atom. The van der Waals surface area contributed by atoms with E-state index < -0.39 is 15.8 Å². The highest BCUT2D eigenvalue weighted by Crippen LogP contribution is 2.48. The van der Waals surface area contributed by atoms with Crippen molar-refractivity contribution in [2.24, 2.45) is 17.8 Å². The van der Waals surface area contributed by atoms with Gasteiger partial charge in [-0.15, -0.1) is 0 Å². The van der Waals surface area contributed by atoms with Crippen molar-refractivity contribution < 1.29 is 12.8 Å². The lowest BCUT2D eigenvalue weighted by atomic mass is 9.89. The number of nitrogens with one attached hydrogen (secondary N) is 1. The number of hydrogen-bond acceptors (Lipinski definition) is 3. The minimum atomic E-state index is -3.65. The lowest BCUT2D eigenvalue weighted by Crippen LogP contribution is -2.32. The molecule has 2 saturated carbocycles. The fraction of sp³-hybridized carbons (Fsp3) is 0.571. The summed E-state index contributed by atoms with van der Waals surface area (Å²) in [6.45, 7) is 0.459. The van der Waals surface area contributed by atoms with Gasteiger partial charge in [0.2, 0.25) is 10.0 Å². The van der Waals surface area contributed by atoms with Crippen molar-refractivity contribution in [3.05, 3.63) is 24.0 Å². The summed E-state index contributed by atoms with van der Waals surface area (Å²) in [7, 11) is -3.65. The first-order chi connectivity index (χ1) is 9.45. The molecule has 4 nitrogen and oxygen atoms in total. The molecule has 0 amide bonds. The predicted octanol–water partition coefficient (Wildman–Crippen LogP) is 2.12. The van der Waals surface area contributed by atoms with E-state index in [-0.39, 0.29) is 10.6 Å². The van der Waals surface area contributed by atoms with Crippen molar-refractivity contribution in [2.75, 3.05) is 12.3 Å². The zero-order chi connectivity index (χ0) is 14.3. The van der Waals surface area contributed by atoms with Gasteiger partial charge in [0.15, 0.2) is 0 Å². The molecule has 0 aromatic heterocycles. The minimum absolute atomic E-state index is 0.0398. The zero-order valence-corrected chi connectivity index (χ0v) is 12.0. The van der Waals surface area contributed by atoms with E-state index in [0.29, 0.717) is 18.4 Å². The van der Waals surface area contributed by atoms with Gasteiger partial charge in [0, 0.05) is 6.54 Å². The van der Waals surface area contributed by atoms with Crippen molar-refractivity contribution in [1.29, 1.82) is 0 Å². The van der Waals surface area contributed by atoms with Gasteiger partial charge in [-0.3, -0.25) is 0 Å². The molecule has 0 heterocycles. The minimum Gasteiger partial charge on any atom is -0.398 e. The molecule has 3 rings (SSSR count). The average molecular weight is 298 g/mol. The highest BCUT2D eigenvalue weighted by molar-refractivity contribution is 7.89. The van der Waals surface area contributed by atoms with E-state index in [1.54, 1.807) is 0 Å². The summed E-state index contributed by atoms with van der Waals surface area (Å²) in [5, 5.41) is 0. The third-order valence-electron chi connectivity index (χ3n) is 4.68. The van der Waals surface area contributed by atoms with E-state index in [0.717, 1.165) is 24.5 Å². The van der Waals surface area contributed by atoms with Crippen LogP contribution in [0.15, 0.2) is 23.1 Å². The molecule has 0 radical (unpaired) electrons. The van der Waals surface area contributed by atoms with Crippen LogP contribution in [0.1, 0.15) is 25.7 Å². The maximum Gasteiger partial charge on any atom is 0.242 e. The molecule has 110 valence electrons. The fourth-order valence-electron chi connectivity index (χ4n) is 3.69. The van der Waals surface area contributed by atoms with Gasteiger partial charge < -0.3 is 5.73 Å². The number of hydrogen-bond donors (Lipinski definition) is 2. The first-order valence-electron chi connectivity index (χ1n) is 7.00. The molecule has 3 unspecified atom stereocenters. The Morgan fingerprint density at radius 3 is 2.70 bits per heavy atom. The van der Waals surface area contributed by atoms with Crippen molar-refractivity contribution in [3.8, 4) is 0 Å². The van der Waals surface area contributed by atoms with Crippen LogP contribution in [0.5, 0.6) is 0 Å². The van der Waals surface area contributed by atoms with Gasteiger partial charge in [-0.25, -0.2) is 17.5 Å². The summed E-state index contributed by atoms with van der Waals surface area (Å²) in [6.07, 6.45) is 4.87. The summed E-state index contributed by atoms with van der Waals surface area (Å²) in [4.78, 5) is -0.0398. The van der Waals surface area contributed by atoms with Gasteiger partial charge in [-0.2, -0.15) is 0 Å². The SMILES string of the molecule is Nc1cc(F)ccc1S(=O)(=O)NCC1CC2CCC1C2. The molecule has 0 aliphatic heterocycles. The molecule has 1 aromatic rings. The highest BCUT2D eigenvalue weighted by atomic mass is 32.2. The molecule has 3 atom stereocenters. The number of rotatable bonds is 4. The topological polar surface area (TPSA) is 72.2 Å². The molecule has 3 N–H and O–H groups in total. The summed E-state index contributed by atoms with van der Waals surface area (Å²) >= 11 is 0. The van der Waals surface area contributed by atoms with Crippen LogP contribution >= 0.6 is 0 Å². The molecule has 1 aromatic carbocycles. The lowest BCUT2D eigenvalue weighted by Gasteiger charge is -2.22. The summed E-state index contributed by atoms with van der Waals surface area (Å²) < 4.78 is 40.0. The number of halogens is 1. The lowest BCUT2D eigenvalue weighted by molar-refractivity contribution is 0.333. The Kier molecular flexibility index (Phi) is 3.46. The maximum atomic E-state index is 13.0. The Bertz CT molecular complexity index is 618. The molecular formula is C14H19FN2O2S. The molecule has 2 fully saturated rings. The highest BCUT2D eigenvalue weighted by Gasteiger charge is 2.39. The third-order valence-corrected chi connectivity index (χ3v) is 6.18. The van der Waals surface area contributed by atoms with Gasteiger partial charge in [-0.05, 0) is 55.2 Å². The van der Waals surface area contributed by atoms with Crippen LogP contribution < -0.4 is 10.5 Å². The average Bonchev–Trinajstić information content (AvgIpc) is 2.98. The Morgan fingerprint density at radius 1 is 1.30 bits per heavy atom. The maximum absolute atomic E-state index is 13.0. The molecule has 2 aliphatic carbocycles. The second kappa shape index (κ2) is 5.00. The number of nitrogens with two attached hydrogens (primary N) is 1. The van der Waals surface area contributed by atoms with E-state index in [1.807, 2.05) is 0 Å². The number of benzene rings is 1. The van der Waals surface area contributed by atoms with Crippen LogP contribution in [-0.2, 0) is 10.0 Å². The van der Waals surface area contributed by atoms with Crippen molar-refractivity contribution in [2.45, 2.75) is 30.6 Å². The van der Waals surface area contributed by atoms with E-state index >= 15 is 0 Å². The smallest absolute Gasteiger partial charge is 0.242 e. The third kappa shape index (κ3) is 2.54. The molecule has 6 heteroatoms. The number of nitrogen functional groups attached to an aromatic ring is 1. The number of fused-ring (bicyclic) bond motifs is 2. The largest absolute Gasteiger partial charge is 0.398 e. The molecule has 0 spiro atoms. The Labute approximate surface area is 118 Å². The van der Waals surface area contributed by atoms with Crippen LogP contribution in [0, 0.1) is 23.6 Å². The second-order valence-electron chi connectivity index (χ2n) is 5.97. The van der Waals surface area contributed by atoms with Gasteiger partial charge >= 0.3 is 0 Å². The summed E-state index contributed by atoms with van der Waals surface area (Å²) in [5.41, 5.74) is 5.54. The summed E-state index contributed by atoms with van der Waals surface area (Å²) in [5.74, 6) is 1.35. The number of sulfonamides is 1. The predicted molar refractivity (Wildman–Crippen MR) is 74.9 cm³/mol. The van der Waals surface area contributed by atoms with Crippen LogP contribution in [0.2, 0.25) is 0 Å². The standard InChI is InChI=1S/C14H19FN2O2S/c15-12-3-4-14(13(16)7-12)20(18,19)17-8-11-6-9-1-2-10(11)5-9/h3-4,7,9-11,17H,1-2,5-6,8,16H2. The van der Waals surface area contributed by atoms with Crippen molar-refractivity contribution >= 4 is 15.7 Å². The van der Waals surface area contributed by atoms with Gasteiger partial charge in [-0.1, -0.05) is 6.42 Å². The van der Waals surface area contributed by atoms with E-state index in [4.69, 9.17) is 5.73 Å². The molecule has 20 heavy (non-hydrogen) atoms. The van der Waals surface area contributed by atoms with Crippen LogP contribution in [0.4, 0.5) is 10.1 Å². The van der Waals surface area contributed by atoms with Gasteiger partial charge in [0.1, 0.15) is 10.7 Å². The van der Waals surface area contributed by atoms with E-state index in [9.17, 15) is 12.8 Å². The van der Waals surface area contributed by atoms with Crippen molar-refractivity contribution in [1.82, 2.24) is 4.72 Å². The second-order valence-corrected chi connectivity index (χ2v) is 7.70. The van der Waals surface area contributed by atoms with Gasteiger partial charge in [0.05, 0.1) is 5.69 Å². The van der Waals surface area contributed by atoms with E-state index in [1.165, 1.54) is 25.3 Å². The quantitative estimate of drug-likeness (QED) is 0.836. The normalized spacial score (nSPS) is 28.9. The molecular weight excluding hydrogens is 279 g/mol. The first-order valence-corrected chi connectivity index (χ1v) is 8.49. The fourth-order valence-corrected chi connectivity index (χ4v) is 4.89. The zero-order valence-electron chi connectivity index (χ0n) is 11.2. The first kappa shape index (κ1) is 13.8. The van der Waals surface area contributed by atoms with Gasteiger partial charge in [0.25, 0.3) is 0 Å².